The topological polar surface area (TPSA) is 67.2 Å². The van der Waals surface area contributed by atoms with Crippen LogP contribution in [0.15, 0.2) is 6.07 Å². The molecule has 2 amide bonds. The molecule has 22 heavy (non-hydrogen) atoms. The van der Waals surface area contributed by atoms with Crippen molar-refractivity contribution < 1.29 is 9.59 Å². The summed E-state index contributed by atoms with van der Waals surface area (Å²) in [6.45, 7) is 5.42. The van der Waals surface area contributed by atoms with Gasteiger partial charge >= 0.3 is 0 Å². The van der Waals surface area contributed by atoms with Crippen molar-refractivity contribution in [1.82, 2.24) is 20.0 Å². The van der Waals surface area contributed by atoms with Crippen LogP contribution in [-0.2, 0) is 16.1 Å². The van der Waals surface area contributed by atoms with Gasteiger partial charge in [0.1, 0.15) is 6.54 Å². The zero-order chi connectivity index (χ0) is 15.7. The van der Waals surface area contributed by atoms with Crippen molar-refractivity contribution in [2.75, 3.05) is 13.1 Å². The van der Waals surface area contributed by atoms with Crippen LogP contribution < -0.4 is 5.32 Å². The van der Waals surface area contributed by atoms with Crippen LogP contribution in [0.5, 0.6) is 0 Å². The molecule has 0 aromatic carbocycles. The van der Waals surface area contributed by atoms with Crippen molar-refractivity contribution in [2.24, 2.45) is 5.92 Å². The summed E-state index contributed by atoms with van der Waals surface area (Å²) in [4.78, 5) is 26.4. The summed E-state index contributed by atoms with van der Waals surface area (Å²) in [5, 5.41) is 7.39. The zero-order valence-corrected chi connectivity index (χ0v) is 13.3. The highest BCUT2D eigenvalue weighted by atomic mass is 16.2. The van der Waals surface area contributed by atoms with E-state index in [0.717, 1.165) is 43.6 Å². The highest BCUT2D eigenvalue weighted by Gasteiger charge is 2.31. The molecular weight excluding hydrogens is 280 g/mol. The van der Waals surface area contributed by atoms with Crippen molar-refractivity contribution in [3.8, 4) is 0 Å². The van der Waals surface area contributed by atoms with Gasteiger partial charge in [0.2, 0.25) is 11.8 Å². The number of aryl methyl sites for hydroxylation is 2. The normalized spacial score (nSPS) is 21.7. The van der Waals surface area contributed by atoms with Crippen LogP contribution >= 0.6 is 0 Å². The van der Waals surface area contributed by atoms with E-state index in [2.05, 4.69) is 10.4 Å². The Labute approximate surface area is 130 Å². The number of hydrogen-bond donors (Lipinski definition) is 1. The summed E-state index contributed by atoms with van der Waals surface area (Å²) < 4.78 is 1.74. The summed E-state index contributed by atoms with van der Waals surface area (Å²) >= 11 is 0. The van der Waals surface area contributed by atoms with E-state index < -0.39 is 0 Å². The van der Waals surface area contributed by atoms with Crippen molar-refractivity contribution in [3.05, 3.63) is 17.5 Å². The van der Waals surface area contributed by atoms with Crippen LogP contribution in [0.25, 0.3) is 0 Å². The van der Waals surface area contributed by atoms with Crippen LogP contribution in [0, 0.1) is 19.8 Å². The Hall–Kier alpha value is -1.85. The predicted octanol–water partition coefficient (Wildman–Crippen LogP) is 1.02. The molecule has 0 unspecified atom stereocenters. The molecule has 1 N–H and O–H groups in total. The number of likely N-dealkylation sites (tertiary alicyclic amines) is 1. The standard InChI is InChI=1S/C16H24N4O2/c1-11-8-12(2)20(18-11)10-15(21)19-7-3-4-13(9-19)16(22)17-14-5-6-14/h8,13-14H,3-7,9-10H2,1-2H3,(H,17,22)/t13-/m1/s1. The number of amides is 2. The molecule has 1 aromatic heterocycles. The maximum Gasteiger partial charge on any atom is 0.244 e. The lowest BCUT2D eigenvalue weighted by Crippen LogP contribution is -2.46. The minimum atomic E-state index is -0.0567. The van der Waals surface area contributed by atoms with E-state index in [1.165, 1.54) is 0 Å². The van der Waals surface area contributed by atoms with E-state index >= 15 is 0 Å². The Bertz CT molecular complexity index is 577. The van der Waals surface area contributed by atoms with E-state index in [-0.39, 0.29) is 24.3 Å². The van der Waals surface area contributed by atoms with E-state index in [9.17, 15) is 9.59 Å². The average Bonchev–Trinajstić information content (AvgIpc) is 3.24. The number of rotatable bonds is 4. The second-order valence-electron chi connectivity index (χ2n) is 6.55. The number of nitrogens with one attached hydrogen (secondary N) is 1. The fraction of sp³-hybridized carbons (Fsp3) is 0.688. The number of hydrogen-bond acceptors (Lipinski definition) is 3. The SMILES string of the molecule is Cc1cc(C)n(CC(=O)N2CCC[C@@H](C(=O)NC3CC3)C2)n1. The largest absolute Gasteiger partial charge is 0.353 e. The Morgan fingerprint density at radius 3 is 2.73 bits per heavy atom. The minimum absolute atomic E-state index is 0.0510. The van der Waals surface area contributed by atoms with Gasteiger partial charge in [-0.25, -0.2) is 0 Å². The Morgan fingerprint density at radius 2 is 2.09 bits per heavy atom. The Balaban J connectivity index is 1.57. The smallest absolute Gasteiger partial charge is 0.244 e. The average molecular weight is 304 g/mol. The maximum atomic E-state index is 12.5. The zero-order valence-electron chi connectivity index (χ0n) is 13.3. The number of nitrogens with zero attached hydrogens (tertiary/aromatic N) is 3. The van der Waals surface area contributed by atoms with Gasteiger partial charge < -0.3 is 10.2 Å². The highest BCUT2D eigenvalue weighted by molar-refractivity contribution is 5.81. The number of piperidine rings is 1. The monoisotopic (exact) mass is 304 g/mol. The first-order valence-electron chi connectivity index (χ1n) is 8.12. The molecule has 0 bridgehead atoms. The molecule has 2 heterocycles. The van der Waals surface area contributed by atoms with Crippen molar-refractivity contribution >= 4 is 11.8 Å². The lowest BCUT2D eigenvalue weighted by molar-refractivity contribution is -0.136. The molecule has 1 aliphatic heterocycles. The van der Waals surface area contributed by atoms with Crippen molar-refractivity contribution in [1.29, 1.82) is 0 Å². The molecule has 1 aromatic rings. The molecule has 0 radical (unpaired) electrons. The Kier molecular flexibility index (Phi) is 4.18. The first kappa shape index (κ1) is 15.1. The van der Waals surface area contributed by atoms with Gasteiger partial charge in [0.25, 0.3) is 0 Å². The molecule has 6 nitrogen and oxygen atoms in total. The molecule has 2 aliphatic rings. The molecule has 6 heteroatoms. The van der Waals surface area contributed by atoms with Gasteiger partial charge in [-0.15, -0.1) is 0 Å². The third kappa shape index (κ3) is 3.48. The maximum absolute atomic E-state index is 12.5. The van der Waals surface area contributed by atoms with E-state index in [4.69, 9.17) is 0 Å². The van der Waals surface area contributed by atoms with Crippen molar-refractivity contribution in [3.63, 3.8) is 0 Å². The van der Waals surface area contributed by atoms with E-state index in [1.54, 1.807) is 4.68 Å². The second kappa shape index (κ2) is 6.10. The van der Waals surface area contributed by atoms with Gasteiger partial charge in [0.15, 0.2) is 0 Å². The Morgan fingerprint density at radius 1 is 1.32 bits per heavy atom. The first-order valence-corrected chi connectivity index (χ1v) is 8.12. The molecular formula is C16H24N4O2. The summed E-state index contributed by atoms with van der Waals surface area (Å²) in [5.41, 5.74) is 1.91. The predicted molar refractivity (Wildman–Crippen MR) is 82.2 cm³/mol. The third-order valence-corrected chi connectivity index (χ3v) is 4.46. The number of aromatic nitrogens is 2. The molecule has 1 saturated heterocycles. The van der Waals surface area contributed by atoms with Gasteiger partial charge in [-0.2, -0.15) is 5.10 Å². The molecule has 120 valence electrons. The molecule has 2 fully saturated rings. The van der Waals surface area contributed by atoms with Crippen LogP contribution in [0.3, 0.4) is 0 Å². The van der Waals surface area contributed by atoms with Crippen LogP contribution in [-0.4, -0.2) is 45.6 Å². The van der Waals surface area contributed by atoms with E-state index in [1.807, 2.05) is 24.8 Å². The quantitative estimate of drug-likeness (QED) is 0.903. The van der Waals surface area contributed by atoms with Gasteiger partial charge in [0, 0.05) is 24.8 Å². The number of carbonyl (C=O) groups is 2. The van der Waals surface area contributed by atoms with Crippen LogP contribution in [0.4, 0.5) is 0 Å². The van der Waals surface area contributed by atoms with Gasteiger partial charge in [-0.3, -0.25) is 14.3 Å². The molecule has 3 rings (SSSR count). The molecule has 1 saturated carbocycles. The fourth-order valence-corrected chi connectivity index (χ4v) is 3.03. The van der Waals surface area contributed by atoms with Crippen LogP contribution in [0.1, 0.15) is 37.1 Å². The van der Waals surface area contributed by atoms with Crippen molar-refractivity contribution in [2.45, 2.75) is 52.1 Å². The summed E-state index contributed by atoms with van der Waals surface area (Å²) in [6, 6.07) is 2.35. The minimum Gasteiger partial charge on any atom is -0.353 e. The van der Waals surface area contributed by atoms with Gasteiger partial charge in [0.05, 0.1) is 11.6 Å². The fourth-order valence-electron chi connectivity index (χ4n) is 3.03. The lowest BCUT2D eigenvalue weighted by atomic mass is 9.97. The van der Waals surface area contributed by atoms with E-state index in [0.29, 0.717) is 12.6 Å². The van der Waals surface area contributed by atoms with Gasteiger partial charge in [-0.1, -0.05) is 0 Å². The molecule has 0 spiro atoms. The first-order chi connectivity index (χ1) is 10.5. The number of carbonyl (C=O) groups excluding carboxylic acids is 2. The molecule has 1 atom stereocenters. The second-order valence-corrected chi connectivity index (χ2v) is 6.55. The highest BCUT2D eigenvalue weighted by Crippen LogP contribution is 2.22. The van der Waals surface area contributed by atoms with Gasteiger partial charge in [-0.05, 0) is 45.6 Å². The van der Waals surface area contributed by atoms with Crippen LogP contribution in [0.2, 0.25) is 0 Å². The lowest BCUT2D eigenvalue weighted by Gasteiger charge is -2.32. The molecule has 1 aliphatic carbocycles. The summed E-state index contributed by atoms with van der Waals surface area (Å²) in [6.07, 6.45) is 3.96. The summed E-state index contributed by atoms with van der Waals surface area (Å²) in [5.74, 6) is 0.111. The summed E-state index contributed by atoms with van der Waals surface area (Å²) in [7, 11) is 0. The third-order valence-electron chi connectivity index (χ3n) is 4.46.